The number of carboxylic acid groups (broad SMARTS) is 1. The van der Waals surface area contributed by atoms with Gasteiger partial charge in [0.05, 0.1) is 0 Å². The molecule has 0 spiro atoms. The molecule has 1 atom stereocenters. The maximum atomic E-state index is 10.4. The number of hydrogen-bond acceptors (Lipinski definition) is 3. The van der Waals surface area contributed by atoms with Crippen LogP contribution in [-0.4, -0.2) is 24.2 Å². The molecule has 0 saturated carbocycles. The second-order valence-corrected chi connectivity index (χ2v) is 3.83. The molecule has 96 valence electrons. The van der Waals surface area contributed by atoms with Gasteiger partial charge in [0.1, 0.15) is 0 Å². The Hall–Kier alpha value is -0.770. The Balaban J connectivity index is 3.47. The summed E-state index contributed by atoms with van der Waals surface area (Å²) in [6, 6.07) is 0. The molecule has 0 aromatic carbocycles. The largest absolute Gasteiger partial charge is 0.508 e. The molecule has 1 N–H and O–H groups in total. The summed E-state index contributed by atoms with van der Waals surface area (Å²) >= 11 is 0. The van der Waals surface area contributed by atoms with Gasteiger partial charge < -0.3 is 14.6 Å². The Morgan fingerprint density at radius 2 is 1.75 bits per heavy atom. The van der Waals surface area contributed by atoms with Gasteiger partial charge in [-0.3, -0.25) is 0 Å². The zero-order chi connectivity index (χ0) is 12.2. The summed E-state index contributed by atoms with van der Waals surface area (Å²) in [4.78, 5) is 10.4. The summed E-state index contributed by atoms with van der Waals surface area (Å²) in [6.07, 6.45) is 5.87. The van der Waals surface area contributed by atoms with Crippen LogP contribution in [0.1, 0.15) is 58.8 Å². The van der Waals surface area contributed by atoms with Crippen molar-refractivity contribution in [2.45, 2.75) is 65.1 Å². The Kier molecular flexibility index (Phi) is 10.2. The lowest BCUT2D eigenvalue weighted by Crippen LogP contribution is -2.20. The highest BCUT2D eigenvalue weighted by Gasteiger charge is 2.12. The van der Waals surface area contributed by atoms with Crippen molar-refractivity contribution >= 4 is 6.16 Å². The Labute approximate surface area is 97.9 Å². The highest BCUT2D eigenvalue weighted by atomic mass is 16.8. The normalized spacial score (nSPS) is 12.4. The molecule has 0 bridgehead atoms. The van der Waals surface area contributed by atoms with E-state index >= 15 is 0 Å². The lowest BCUT2D eigenvalue weighted by molar-refractivity contribution is -0.117. The third-order valence-electron chi connectivity index (χ3n) is 2.38. The van der Waals surface area contributed by atoms with Gasteiger partial charge >= 0.3 is 6.16 Å². The smallest absolute Gasteiger partial charge is 0.450 e. The van der Waals surface area contributed by atoms with Crippen molar-refractivity contribution in [2.24, 2.45) is 0 Å². The minimum Gasteiger partial charge on any atom is -0.450 e. The maximum Gasteiger partial charge on any atom is 0.508 e. The van der Waals surface area contributed by atoms with Crippen molar-refractivity contribution in [2.75, 3.05) is 6.61 Å². The molecule has 4 nitrogen and oxygen atoms in total. The summed E-state index contributed by atoms with van der Waals surface area (Å²) < 4.78 is 9.79. The monoisotopic (exact) mass is 232 g/mol. The van der Waals surface area contributed by atoms with Gasteiger partial charge in [-0.05, 0) is 13.3 Å². The molecule has 1 unspecified atom stereocenters. The molecule has 0 rings (SSSR count). The third kappa shape index (κ3) is 9.77. The van der Waals surface area contributed by atoms with Crippen LogP contribution in [0.3, 0.4) is 0 Å². The molecule has 4 heteroatoms. The van der Waals surface area contributed by atoms with E-state index in [0.717, 1.165) is 12.8 Å². The van der Waals surface area contributed by atoms with Crippen LogP contribution >= 0.6 is 0 Å². The molecular formula is C12H24O4. The molecule has 0 fully saturated rings. The molecule has 0 aliphatic rings. The van der Waals surface area contributed by atoms with Crippen LogP contribution in [0.2, 0.25) is 0 Å². The number of ether oxygens (including phenoxy) is 2. The molecular weight excluding hydrogens is 208 g/mol. The van der Waals surface area contributed by atoms with Gasteiger partial charge in [-0.25, -0.2) is 4.79 Å². The summed E-state index contributed by atoms with van der Waals surface area (Å²) in [6.45, 7) is 4.50. The van der Waals surface area contributed by atoms with Crippen LogP contribution in [0, 0.1) is 0 Å². The van der Waals surface area contributed by atoms with E-state index in [-0.39, 0.29) is 0 Å². The van der Waals surface area contributed by atoms with E-state index in [1.54, 1.807) is 0 Å². The van der Waals surface area contributed by atoms with Crippen LogP contribution in [0.15, 0.2) is 0 Å². The van der Waals surface area contributed by atoms with Crippen molar-refractivity contribution in [3.8, 4) is 0 Å². The molecule has 0 radical (unpaired) electrons. The minimum atomic E-state index is -1.26. The molecule has 0 aromatic heterocycles. The summed E-state index contributed by atoms with van der Waals surface area (Å²) in [5, 5.41) is 8.48. The zero-order valence-corrected chi connectivity index (χ0v) is 10.4. The van der Waals surface area contributed by atoms with Gasteiger partial charge in [0.2, 0.25) is 6.29 Å². The van der Waals surface area contributed by atoms with E-state index in [1.807, 2.05) is 6.92 Å². The van der Waals surface area contributed by atoms with Crippen LogP contribution in [0.25, 0.3) is 0 Å². The number of unbranched alkanes of at least 4 members (excludes halogenated alkanes) is 5. The van der Waals surface area contributed by atoms with Crippen molar-refractivity contribution in [1.29, 1.82) is 0 Å². The Morgan fingerprint density at radius 1 is 1.12 bits per heavy atom. The fraction of sp³-hybridized carbons (Fsp3) is 0.917. The molecule has 0 amide bonds. The molecule has 0 saturated heterocycles. The van der Waals surface area contributed by atoms with E-state index in [0.29, 0.717) is 13.0 Å². The van der Waals surface area contributed by atoms with Crippen LogP contribution in [0.4, 0.5) is 4.79 Å². The van der Waals surface area contributed by atoms with E-state index in [1.165, 1.54) is 25.7 Å². The average molecular weight is 232 g/mol. The van der Waals surface area contributed by atoms with E-state index < -0.39 is 12.4 Å². The van der Waals surface area contributed by atoms with E-state index in [4.69, 9.17) is 9.84 Å². The molecule has 0 heterocycles. The van der Waals surface area contributed by atoms with Crippen LogP contribution in [0.5, 0.6) is 0 Å². The Morgan fingerprint density at radius 3 is 2.31 bits per heavy atom. The lowest BCUT2D eigenvalue weighted by Gasteiger charge is -2.15. The van der Waals surface area contributed by atoms with Crippen LogP contribution in [-0.2, 0) is 9.47 Å². The van der Waals surface area contributed by atoms with E-state index in [2.05, 4.69) is 11.7 Å². The fourth-order valence-electron chi connectivity index (χ4n) is 1.57. The average Bonchev–Trinajstić information content (AvgIpc) is 2.22. The van der Waals surface area contributed by atoms with Crippen molar-refractivity contribution in [3.05, 3.63) is 0 Å². The molecule has 16 heavy (non-hydrogen) atoms. The summed E-state index contributed by atoms with van der Waals surface area (Å²) in [7, 11) is 0. The molecule has 0 aliphatic carbocycles. The maximum absolute atomic E-state index is 10.4. The highest BCUT2D eigenvalue weighted by molar-refractivity contribution is 5.56. The van der Waals surface area contributed by atoms with E-state index in [9.17, 15) is 4.79 Å². The number of carbonyl (C=O) groups is 1. The first kappa shape index (κ1) is 15.2. The van der Waals surface area contributed by atoms with Crippen molar-refractivity contribution < 1.29 is 19.4 Å². The van der Waals surface area contributed by atoms with Crippen molar-refractivity contribution in [3.63, 3.8) is 0 Å². The molecule has 0 aromatic rings. The second-order valence-electron chi connectivity index (χ2n) is 3.83. The first-order chi connectivity index (χ1) is 7.70. The van der Waals surface area contributed by atoms with Gasteiger partial charge in [-0.1, -0.05) is 39.0 Å². The standard InChI is InChI=1S/C12H24O4/c1-3-5-6-7-8-9-10-11(15-4-2)16-12(13)14/h11H,3-10H2,1-2H3,(H,13,14). The fourth-order valence-corrected chi connectivity index (χ4v) is 1.57. The topological polar surface area (TPSA) is 55.8 Å². The number of hydrogen-bond donors (Lipinski definition) is 1. The van der Waals surface area contributed by atoms with Crippen molar-refractivity contribution in [1.82, 2.24) is 0 Å². The highest BCUT2D eigenvalue weighted by Crippen LogP contribution is 2.11. The molecule has 0 aliphatic heterocycles. The van der Waals surface area contributed by atoms with Gasteiger partial charge in [0.15, 0.2) is 0 Å². The van der Waals surface area contributed by atoms with Crippen LogP contribution < -0.4 is 0 Å². The first-order valence-electron chi connectivity index (χ1n) is 6.21. The lowest BCUT2D eigenvalue weighted by atomic mass is 10.1. The number of rotatable bonds is 10. The third-order valence-corrected chi connectivity index (χ3v) is 2.38. The minimum absolute atomic E-state index is 0.480. The quantitative estimate of drug-likeness (QED) is 0.353. The predicted octanol–water partition coefficient (Wildman–Crippen LogP) is 3.79. The summed E-state index contributed by atoms with van der Waals surface area (Å²) in [5.74, 6) is 0. The van der Waals surface area contributed by atoms with Gasteiger partial charge in [-0.15, -0.1) is 0 Å². The predicted molar refractivity (Wildman–Crippen MR) is 62.5 cm³/mol. The zero-order valence-electron chi connectivity index (χ0n) is 10.4. The Bertz CT molecular complexity index is 170. The first-order valence-corrected chi connectivity index (χ1v) is 6.21. The van der Waals surface area contributed by atoms with Gasteiger partial charge in [0, 0.05) is 13.0 Å². The summed E-state index contributed by atoms with van der Waals surface area (Å²) in [5.41, 5.74) is 0. The second kappa shape index (κ2) is 10.7. The van der Waals surface area contributed by atoms with Gasteiger partial charge in [-0.2, -0.15) is 0 Å². The van der Waals surface area contributed by atoms with Gasteiger partial charge in [0.25, 0.3) is 0 Å². The SMILES string of the molecule is CCCCCCCCC(OCC)OC(=O)O.